The number of halogens is 1. The fraction of sp³-hybridized carbons (Fsp3) is 0.238. The van der Waals surface area contributed by atoms with Crippen molar-refractivity contribution in [3.05, 3.63) is 71.0 Å². The van der Waals surface area contributed by atoms with Gasteiger partial charge in [0, 0.05) is 25.1 Å². The molecule has 0 radical (unpaired) electrons. The lowest BCUT2D eigenvalue weighted by molar-refractivity contribution is -0.126. The normalized spacial score (nSPS) is 15.8. The zero-order valence-electron chi connectivity index (χ0n) is 14.3. The largest absolute Gasteiger partial charge is 0.339 e. The van der Waals surface area contributed by atoms with Gasteiger partial charge in [0.15, 0.2) is 0 Å². The third-order valence-electron chi connectivity index (χ3n) is 4.75. The van der Waals surface area contributed by atoms with E-state index in [0.29, 0.717) is 5.92 Å². The van der Waals surface area contributed by atoms with E-state index < -0.39 is 0 Å². The minimum absolute atomic E-state index is 0.0112. The second-order valence-corrected chi connectivity index (χ2v) is 7.57. The van der Waals surface area contributed by atoms with Crippen LogP contribution in [0.3, 0.4) is 0 Å². The molecule has 26 heavy (non-hydrogen) atoms. The van der Waals surface area contributed by atoms with Crippen molar-refractivity contribution in [2.24, 2.45) is 0 Å². The lowest BCUT2D eigenvalue weighted by Crippen LogP contribution is -2.36. The topological polar surface area (TPSA) is 33.2 Å². The summed E-state index contributed by atoms with van der Waals surface area (Å²) in [5.41, 5.74) is 1.89. The van der Waals surface area contributed by atoms with Crippen LogP contribution in [-0.4, -0.2) is 28.9 Å². The summed E-state index contributed by atoms with van der Waals surface area (Å²) in [7, 11) is 0. The summed E-state index contributed by atoms with van der Waals surface area (Å²) in [4.78, 5) is 19.0. The fourth-order valence-electron chi connectivity index (χ4n) is 3.26. The molecule has 4 rings (SSSR count). The van der Waals surface area contributed by atoms with Crippen molar-refractivity contribution in [1.29, 1.82) is 0 Å². The molecule has 0 spiro atoms. The molecule has 3 aromatic rings. The SMILES string of the molecule is O=C(/C=C/c1ccc(F)cc1)N1CCC(c2nc3ccccc3s2)CC1. The van der Waals surface area contributed by atoms with Crippen LogP contribution >= 0.6 is 11.3 Å². The van der Waals surface area contributed by atoms with Crippen LogP contribution in [0.1, 0.15) is 29.3 Å². The number of hydrogen-bond donors (Lipinski definition) is 0. The number of carbonyl (C=O) groups is 1. The molecule has 3 nitrogen and oxygen atoms in total. The summed E-state index contributed by atoms with van der Waals surface area (Å²) in [6.45, 7) is 1.49. The third kappa shape index (κ3) is 3.68. The molecule has 1 saturated heterocycles. The molecule has 0 bridgehead atoms. The highest BCUT2D eigenvalue weighted by molar-refractivity contribution is 7.18. The van der Waals surface area contributed by atoms with E-state index in [-0.39, 0.29) is 11.7 Å². The molecule has 2 aromatic carbocycles. The smallest absolute Gasteiger partial charge is 0.246 e. The molecule has 1 aliphatic rings. The van der Waals surface area contributed by atoms with Gasteiger partial charge in [0.1, 0.15) is 5.82 Å². The summed E-state index contributed by atoms with van der Waals surface area (Å²) in [5, 5.41) is 1.18. The van der Waals surface area contributed by atoms with Crippen LogP contribution in [-0.2, 0) is 4.79 Å². The van der Waals surface area contributed by atoms with E-state index in [4.69, 9.17) is 4.98 Å². The van der Waals surface area contributed by atoms with Gasteiger partial charge in [-0.2, -0.15) is 0 Å². The number of benzene rings is 2. The Labute approximate surface area is 155 Å². The van der Waals surface area contributed by atoms with Gasteiger partial charge in [-0.05, 0) is 48.7 Å². The molecule has 0 aliphatic carbocycles. The zero-order valence-corrected chi connectivity index (χ0v) is 15.1. The Hall–Kier alpha value is -2.53. The number of fused-ring (bicyclic) bond motifs is 1. The number of rotatable bonds is 3. The Kier molecular flexibility index (Phi) is 4.80. The third-order valence-corrected chi connectivity index (χ3v) is 5.95. The molecule has 0 atom stereocenters. The van der Waals surface area contributed by atoms with Crippen molar-refractivity contribution in [2.75, 3.05) is 13.1 Å². The van der Waals surface area contributed by atoms with Gasteiger partial charge in [-0.15, -0.1) is 11.3 Å². The van der Waals surface area contributed by atoms with E-state index in [9.17, 15) is 9.18 Å². The maximum atomic E-state index is 12.9. The van der Waals surface area contributed by atoms with Gasteiger partial charge in [0.05, 0.1) is 15.2 Å². The molecule has 1 aliphatic heterocycles. The van der Waals surface area contributed by atoms with Crippen molar-refractivity contribution < 1.29 is 9.18 Å². The highest BCUT2D eigenvalue weighted by Crippen LogP contribution is 2.33. The number of piperidine rings is 1. The number of aromatic nitrogens is 1. The number of likely N-dealkylation sites (tertiary alicyclic amines) is 1. The van der Waals surface area contributed by atoms with Gasteiger partial charge in [-0.25, -0.2) is 9.37 Å². The summed E-state index contributed by atoms with van der Waals surface area (Å²) in [6.07, 6.45) is 5.19. The molecular weight excluding hydrogens is 347 g/mol. The summed E-state index contributed by atoms with van der Waals surface area (Å²) in [6, 6.07) is 14.3. The first-order valence-electron chi connectivity index (χ1n) is 8.77. The van der Waals surface area contributed by atoms with Crippen LogP contribution in [0.5, 0.6) is 0 Å². The maximum absolute atomic E-state index is 12.9. The van der Waals surface area contributed by atoms with Crippen molar-refractivity contribution in [3.8, 4) is 0 Å². The standard InChI is InChI=1S/C21H19FN2OS/c22-17-8-5-15(6-9-17)7-10-20(25)24-13-11-16(12-14-24)21-23-18-3-1-2-4-19(18)26-21/h1-10,16H,11-14H2/b10-7+. The molecule has 5 heteroatoms. The van der Waals surface area contributed by atoms with Crippen LogP contribution < -0.4 is 0 Å². The predicted octanol–water partition coefficient (Wildman–Crippen LogP) is 4.85. The van der Waals surface area contributed by atoms with Crippen LogP contribution in [0, 0.1) is 5.82 Å². The first-order chi connectivity index (χ1) is 12.7. The summed E-state index contributed by atoms with van der Waals surface area (Å²) in [5.74, 6) is 0.167. The molecule has 0 saturated carbocycles. The van der Waals surface area contributed by atoms with Crippen LogP contribution in [0.4, 0.5) is 4.39 Å². The maximum Gasteiger partial charge on any atom is 0.246 e. The average Bonchev–Trinajstić information content (AvgIpc) is 3.12. The van der Waals surface area contributed by atoms with E-state index >= 15 is 0 Å². The summed E-state index contributed by atoms with van der Waals surface area (Å²) >= 11 is 1.76. The van der Waals surface area contributed by atoms with E-state index in [2.05, 4.69) is 6.07 Å². The minimum atomic E-state index is -0.273. The lowest BCUT2D eigenvalue weighted by atomic mass is 9.97. The van der Waals surface area contributed by atoms with Gasteiger partial charge in [-0.3, -0.25) is 4.79 Å². The molecular formula is C21H19FN2OS. The van der Waals surface area contributed by atoms with E-state index in [1.807, 2.05) is 23.1 Å². The van der Waals surface area contributed by atoms with Crippen LogP contribution in [0.2, 0.25) is 0 Å². The zero-order chi connectivity index (χ0) is 17.9. The van der Waals surface area contributed by atoms with Crippen molar-refractivity contribution >= 4 is 33.5 Å². The Balaban J connectivity index is 1.36. The Morgan fingerprint density at radius 3 is 2.58 bits per heavy atom. The average molecular weight is 366 g/mol. The quantitative estimate of drug-likeness (QED) is 0.621. The van der Waals surface area contributed by atoms with E-state index in [1.54, 1.807) is 35.6 Å². The number of nitrogens with zero attached hydrogens (tertiary/aromatic N) is 2. The number of thiazole rings is 1. The highest BCUT2D eigenvalue weighted by atomic mass is 32.1. The molecule has 1 amide bonds. The Morgan fingerprint density at radius 2 is 1.85 bits per heavy atom. The first-order valence-corrected chi connectivity index (χ1v) is 9.59. The molecule has 2 heterocycles. The summed E-state index contributed by atoms with van der Waals surface area (Å²) < 4.78 is 14.1. The number of para-hydroxylation sites is 1. The van der Waals surface area contributed by atoms with Gasteiger partial charge < -0.3 is 4.90 Å². The van der Waals surface area contributed by atoms with Gasteiger partial charge in [0.2, 0.25) is 5.91 Å². The van der Waals surface area contributed by atoms with E-state index in [1.165, 1.54) is 21.8 Å². The molecule has 132 valence electrons. The van der Waals surface area contributed by atoms with Gasteiger partial charge >= 0.3 is 0 Å². The fourth-order valence-corrected chi connectivity index (χ4v) is 4.39. The molecule has 1 aromatic heterocycles. The van der Waals surface area contributed by atoms with E-state index in [0.717, 1.165) is 37.0 Å². The number of carbonyl (C=O) groups excluding carboxylic acids is 1. The molecule has 0 unspecified atom stereocenters. The molecule has 0 N–H and O–H groups in total. The van der Waals surface area contributed by atoms with Gasteiger partial charge in [-0.1, -0.05) is 24.3 Å². The molecule has 1 fully saturated rings. The number of amides is 1. The second-order valence-electron chi connectivity index (χ2n) is 6.50. The predicted molar refractivity (Wildman–Crippen MR) is 104 cm³/mol. The van der Waals surface area contributed by atoms with Crippen LogP contribution in [0.25, 0.3) is 16.3 Å². The first kappa shape index (κ1) is 16.9. The van der Waals surface area contributed by atoms with Crippen molar-refractivity contribution in [1.82, 2.24) is 9.88 Å². The van der Waals surface area contributed by atoms with Crippen molar-refractivity contribution in [2.45, 2.75) is 18.8 Å². The van der Waals surface area contributed by atoms with Crippen molar-refractivity contribution in [3.63, 3.8) is 0 Å². The monoisotopic (exact) mass is 366 g/mol. The minimum Gasteiger partial charge on any atom is -0.339 e. The lowest BCUT2D eigenvalue weighted by Gasteiger charge is -2.30. The highest BCUT2D eigenvalue weighted by Gasteiger charge is 2.24. The van der Waals surface area contributed by atoms with Gasteiger partial charge in [0.25, 0.3) is 0 Å². The second kappa shape index (κ2) is 7.38. The Bertz CT molecular complexity index is 907. The number of hydrogen-bond acceptors (Lipinski definition) is 3. The van der Waals surface area contributed by atoms with Crippen LogP contribution in [0.15, 0.2) is 54.6 Å². The Morgan fingerprint density at radius 1 is 1.12 bits per heavy atom.